The van der Waals surface area contributed by atoms with E-state index in [0.717, 1.165) is 22.7 Å². The third-order valence-electron chi connectivity index (χ3n) is 16.2. The van der Waals surface area contributed by atoms with Crippen molar-refractivity contribution >= 4 is 38.9 Å². The highest BCUT2D eigenvalue weighted by Gasteiger charge is 2.47. The highest BCUT2D eigenvalue weighted by Crippen LogP contribution is 2.59. The zero-order valence-corrected chi connectivity index (χ0v) is 40.9. The first-order chi connectivity index (χ1) is 34.7. The number of benzene rings is 10. The van der Waals surface area contributed by atoms with Gasteiger partial charge in [-0.1, -0.05) is 210 Å². The monoisotopic (exact) mass is 912 g/mol. The van der Waals surface area contributed by atoms with Gasteiger partial charge >= 0.3 is 0 Å². The summed E-state index contributed by atoms with van der Waals surface area (Å²) in [4.78, 5) is 2.48. The summed E-state index contributed by atoms with van der Waals surface area (Å²) in [6, 6.07) is 90.7. The average Bonchev–Trinajstić information content (AvgIpc) is 3.91. The van der Waals surface area contributed by atoms with Crippen molar-refractivity contribution in [3.8, 4) is 39.1 Å². The summed E-state index contributed by atoms with van der Waals surface area (Å²) >= 11 is 0. The quantitative estimate of drug-likeness (QED) is 0.147. The molecule has 0 N–H and O–H groups in total. The van der Waals surface area contributed by atoms with E-state index in [1.165, 1.54) is 101 Å². The van der Waals surface area contributed by atoms with Gasteiger partial charge < -0.3 is 9.47 Å². The molecule has 13 rings (SSSR count). The van der Waals surface area contributed by atoms with Gasteiger partial charge in [0.25, 0.3) is 0 Å². The summed E-state index contributed by atoms with van der Waals surface area (Å²) < 4.78 is 2.40. The minimum atomic E-state index is -0.566. The molecule has 11 aromatic rings. The third-order valence-corrected chi connectivity index (χ3v) is 16.2. The lowest BCUT2D eigenvalue weighted by Gasteiger charge is -2.42. The maximum Gasteiger partial charge on any atom is 0.0714 e. The van der Waals surface area contributed by atoms with Crippen molar-refractivity contribution < 1.29 is 0 Å². The van der Waals surface area contributed by atoms with E-state index in [9.17, 15) is 0 Å². The van der Waals surface area contributed by atoms with E-state index in [0.29, 0.717) is 0 Å². The molecule has 0 bridgehead atoms. The van der Waals surface area contributed by atoms with E-state index in [1.54, 1.807) is 0 Å². The van der Waals surface area contributed by atoms with Crippen LogP contribution in [0.2, 0.25) is 0 Å². The molecule has 71 heavy (non-hydrogen) atoms. The molecule has 1 heterocycles. The second-order valence-electron chi connectivity index (χ2n) is 21.1. The molecule has 0 unspecified atom stereocenters. The first kappa shape index (κ1) is 42.9. The fourth-order valence-corrected chi connectivity index (χ4v) is 12.5. The number of nitrogens with zero attached hydrogens (tertiary/aromatic N) is 2. The van der Waals surface area contributed by atoms with Crippen molar-refractivity contribution in [2.24, 2.45) is 0 Å². The lowest BCUT2D eigenvalue weighted by molar-refractivity contribution is 0.332. The zero-order chi connectivity index (χ0) is 47.9. The fourth-order valence-electron chi connectivity index (χ4n) is 12.5. The van der Waals surface area contributed by atoms with Gasteiger partial charge in [0.05, 0.1) is 22.1 Å². The molecule has 2 aliphatic rings. The van der Waals surface area contributed by atoms with Crippen molar-refractivity contribution in [3.05, 3.63) is 276 Å². The molecular weight excluding hydrogens is 857 g/mol. The first-order valence-corrected chi connectivity index (χ1v) is 25.3. The predicted molar refractivity (Wildman–Crippen MR) is 299 cm³/mol. The minimum absolute atomic E-state index is 0.133. The summed E-state index contributed by atoms with van der Waals surface area (Å²) in [5, 5.41) is 2.51. The van der Waals surface area contributed by atoms with Crippen LogP contribution < -0.4 is 4.90 Å². The highest BCUT2D eigenvalue weighted by molar-refractivity contribution is 6.09. The topological polar surface area (TPSA) is 8.17 Å². The predicted octanol–water partition coefficient (Wildman–Crippen LogP) is 18.3. The maximum atomic E-state index is 2.53. The molecule has 2 heteroatoms. The molecule has 0 spiro atoms. The molecule has 0 saturated carbocycles. The number of fused-ring (bicyclic) bond motifs is 7. The van der Waals surface area contributed by atoms with Crippen LogP contribution >= 0.6 is 0 Å². The molecule has 0 aliphatic heterocycles. The van der Waals surface area contributed by atoms with E-state index < -0.39 is 5.41 Å². The third kappa shape index (κ3) is 6.76. The molecule has 10 aromatic carbocycles. The van der Waals surface area contributed by atoms with Crippen molar-refractivity contribution in [3.63, 3.8) is 0 Å². The Balaban J connectivity index is 1.05. The molecule has 0 fully saturated rings. The zero-order valence-electron chi connectivity index (χ0n) is 40.9. The summed E-state index contributed by atoms with van der Waals surface area (Å²) in [5.41, 5.74) is 22.0. The van der Waals surface area contributed by atoms with Gasteiger partial charge in [0.2, 0.25) is 0 Å². The summed E-state index contributed by atoms with van der Waals surface area (Å²) in [5.74, 6) is 0. The van der Waals surface area contributed by atoms with Crippen molar-refractivity contribution in [2.75, 3.05) is 4.90 Å². The largest absolute Gasteiger partial charge is 0.310 e. The Bertz CT molecular complexity index is 3690. The molecule has 0 amide bonds. The molecule has 2 nitrogen and oxygen atoms in total. The summed E-state index contributed by atoms with van der Waals surface area (Å²) in [6.45, 7) is 9.65. The van der Waals surface area contributed by atoms with E-state index in [1.807, 2.05) is 0 Å². The van der Waals surface area contributed by atoms with Crippen molar-refractivity contribution in [2.45, 2.75) is 56.8 Å². The van der Waals surface area contributed by atoms with Gasteiger partial charge in [-0.3, -0.25) is 0 Å². The van der Waals surface area contributed by atoms with E-state index in [2.05, 4.69) is 280 Å². The Morgan fingerprint density at radius 2 is 0.859 bits per heavy atom. The van der Waals surface area contributed by atoms with Crippen LogP contribution in [0.15, 0.2) is 243 Å². The molecule has 0 atom stereocenters. The van der Waals surface area contributed by atoms with Crippen LogP contribution in [0, 0.1) is 0 Å². The van der Waals surface area contributed by atoms with Crippen molar-refractivity contribution in [1.29, 1.82) is 0 Å². The second kappa shape index (κ2) is 16.5. The first-order valence-electron chi connectivity index (χ1n) is 25.3. The van der Waals surface area contributed by atoms with E-state index >= 15 is 0 Å². The number of rotatable bonds is 8. The molecule has 1 aromatic heterocycles. The van der Waals surface area contributed by atoms with Crippen LogP contribution in [0.4, 0.5) is 17.1 Å². The van der Waals surface area contributed by atoms with Crippen LogP contribution in [-0.4, -0.2) is 4.57 Å². The Kier molecular flexibility index (Phi) is 9.94. The normalized spacial score (nSPS) is 15.0. The van der Waals surface area contributed by atoms with Crippen LogP contribution in [0.5, 0.6) is 0 Å². The number of aromatic nitrogens is 1. The number of hydrogen-bond donors (Lipinski definition) is 0. The van der Waals surface area contributed by atoms with E-state index in [-0.39, 0.29) is 10.8 Å². The van der Waals surface area contributed by atoms with E-state index in [4.69, 9.17) is 0 Å². The number of anilines is 3. The van der Waals surface area contributed by atoms with Crippen molar-refractivity contribution in [1.82, 2.24) is 4.57 Å². The number of hydrogen-bond acceptors (Lipinski definition) is 1. The van der Waals surface area contributed by atoms with Gasteiger partial charge in [0.15, 0.2) is 0 Å². The van der Waals surface area contributed by atoms with Gasteiger partial charge in [-0.15, -0.1) is 0 Å². The van der Waals surface area contributed by atoms with Gasteiger partial charge in [-0.05, 0) is 146 Å². The lowest BCUT2D eigenvalue weighted by atomic mass is 9.63. The maximum absolute atomic E-state index is 2.53. The highest BCUT2D eigenvalue weighted by atomic mass is 15.1. The van der Waals surface area contributed by atoms with Gasteiger partial charge in [-0.25, -0.2) is 0 Å². The standard InChI is InChI=1S/C69H56N2/c1-67(2)42-43-68(3,4)63-44-49(36-41-61(63)67)47-32-34-48(35-33-47)58-45-59-55-26-14-17-29-60(55)69(50-20-8-5-9-21-50,51-22-10-6-11-23-51)62(59)46-66(58)70(52-24-12-7-13-25-52)53-37-39-54(40-38-53)71-64-30-18-15-27-56(64)57-28-16-19-31-65(57)71/h5-41,44-46H,42-43H2,1-4H3. The molecule has 0 saturated heterocycles. The van der Waals surface area contributed by atoms with Crippen LogP contribution in [0.1, 0.15) is 73.9 Å². The summed E-state index contributed by atoms with van der Waals surface area (Å²) in [7, 11) is 0. The molecule has 342 valence electrons. The van der Waals surface area contributed by atoms with Gasteiger partial charge in [-0.2, -0.15) is 0 Å². The number of para-hydroxylation sites is 3. The molecule has 2 aliphatic carbocycles. The smallest absolute Gasteiger partial charge is 0.0714 e. The Hall–Kier alpha value is -8.20. The average molecular weight is 913 g/mol. The van der Waals surface area contributed by atoms with Crippen LogP contribution in [-0.2, 0) is 16.2 Å². The van der Waals surface area contributed by atoms with Gasteiger partial charge in [0, 0.05) is 33.4 Å². The summed E-state index contributed by atoms with van der Waals surface area (Å²) in [6.07, 6.45) is 2.40. The lowest BCUT2D eigenvalue weighted by Crippen LogP contribution is -2.33. The second-order valence-corrected chi connectivity index (χ2v) is 21.1. The minimum Gasteiger partial charge on any atom is -0.310 e. The fraction of sp³-hybridized carbons (Fsp3) is 0.130. The molecule has 0 radical (unpaired) electrons. The Morgan fingerprint density at radius 1 is 0.352 bits per heavy atom. The van der Waals surface area contributed by atoms with Crippen LogP contribution in [0.25, 0.3) is 60.9 Å². The SMILES string of the molecule is CC1(C)CCC(C)(C)c2cc(-c3ccc(-c4cc5c(cc4N(c4ccccc4)c4ccc(-n6c7ccccc7c7ccccc76)cc4)C(c4ccccc4)(c4ccccc4)c4ccccc4-5)cc3)ccc21. The Morgan fingerprint density at radius 3 is 1.49 bits per heavy atom. The Labute approximate surface area is 418 Å². The van der Waals surface area contributed by atoms with Gasteiger partial charge in [0.1, 0.15) is 0 Å². The molecular formula is C69H56N2. The van der Waals surface area contributed by atoms with Crippen LogP contribution in [0.3, 0.4) is 0 Å².